The van der Waals surface area contributed by atoms with E-state index in [9.17, 15) is 0 Å². The van der Waals surface area contributed by atoms with E-state index in [0.717, 1.165) is 0 Å². The molecule has 52 valence electrons. The number of fused-ring (bicyclic) bond motifs is 1. The van der Waals surface area contributed by atoms with Gasteiger partial charge in [0, 0.05) is 11.9 Å². The Morgan fingerprint density at radius 1 is 1.50 bits per heavy atom. The maximum atomic E-state index is 3.21. The molecule has 2 N–H and O–H groups in total. The molecule has 0 saturated carbocycles. The van der Waals surface area contributed by atoms with Crippen LogP contribution in [0.4, 0.5) is 0 Å². The fourth-order valence-electron chi connectivity index (χ4n) is 1.28. The quantitative estimate of drug-likeness (QED) is 0.554. The molecule has 0 bridgehead atoms. The van der Waals surface area contributed by atoms with E-state index < -0.39 is 0 Å². The standard InChI is InChI=1S/C8H10N2/c1-6-8-7(2-4-9-6)3-5-10-8/h2-6,9-10H,1H3. The number of aromatic amines is 1. The van der Waals surface area contributed by atoms with Crippen LogP contribution in [0.3, 0.4) is 0 Å². The van der Waals surface area contributed by atoms with Gasteiger partial charge in [0.25, 0.3) is 0 Å². The molecule has 0 fully saturated rings. The van der Waals surface area contributed by atoms with Gasteiger partial charge in [0.15, 0.2) is 0 Å². The van der Waals surface area contributed by atoms with Gasteiger partial charge in [-0.25, -0.2) is 0 Å². The molecule has 0 saturated heterocycles. The summed E-state index contributed by atoms with van der Waals surface area (Å²) in [5, 5.41) is 3.21. The van der Waals surface area contributed by atoms with Crippen molar-refractivity contribution in [1.29, 1.82) is 0 Å². The largest absolute Gasteiger partial charge is 0.383 e. The number of H-pyrrole nitrogens is 1. The number of hydrogen-bond acceptors (Lipinski definition) is 1. The first kappa shape index (κ1) is 5.59. The third kappa shape index (κ3) is 0.652. The lowest BCUT2D eigenvalue weighted by Crippen LogP contribution is -2.15. The summed E-state index contributed by atoms with van der Waals surface area (Å²) in [6.45, 7) is 2.14. The van der Waals surface area contributed by atoms with E-state index in [0.29, 0.717) is 6.04 Å². The summed E-state index contributed by atoms with van der Waals surface area (Å²) in [5.74, 6) is 0. The second-order valence-corrected chi connectivity index (χ2v) is 2.57. The Morgan fingerprint density at radius 3 is 3.20 bits per heavy atom. The first-order valence-corrected chi connectivity index (χ1v) is 3.48. The van der Waals surface area contributed by atoms with E-state index in [1.807, 2.05) is 12.4 Å². The molecule has 1 aliphatic rings. The maximum Gasteiger partial charge on any atom is 0.0635 e. The molecule has 0 aromatic carbocycles. The van der Waals surface area contributed by atoms with E-state index in [1.54, 1.807) is 0 Å². The predicted octanol–water partition coefficient (Wildman–Crippen LogP) is 1.65. The Morgan fingerprint density at radius 2 is 2.40 bits per heavy atom. The van der Waals surface area contributed by atoms with Crippen LogP contribution in [0.1, 0.15) is 24.2 Å². The van der Waals surface area contributed by atoms with Gasteiger partial charge in [-0.2, -0.15) is 0 Å². The topological polar surface area (TPSA) is 27.8 Å². The van der Waals surface area contributed by atoms with Crippen molar-refractivity contribution < 1.29 is 0 Å². The van der Waals surface area contributed by atoms with Crippen LogP contribution in [0.25, 0.3) is 6.08 Å². The number of hydrogen-bond donors (Lipinski definition) is 2. The molecule has 0 spiro atoms. The summed E-state index contributed by atoms with van der Waals surface area (Å²) in [6, 6.07) is 2.51. The highest BCUT2D eigenvalue weighted by Gasteiger charge is 2.10. The summed E-state index contributed by atoms with van der Waals surface area (Å²) < 4.78 is 0. The molecule has 1 aromatic rings. The van der Waals surface area contributed by atoms with Crippen molar-refractivity contribution in [3.8, 4) is 0 Å². The normalized spacial score (nSPS) is 21.9. The minimum Gasteiger partial charge on any atom is -0.383 e. The van der Waals surface area contributed by atoms with Crippen LogP contribution in [-0.4, -0.2) is 4.98 Å². The SMILES string of the molecule is CC1NC=Cc2cc[nH]c21. The Balaban J connectivity index is 2.52. The Labute approximate surface area is 60.0 Å². The van der Waals surface area contributed by atoms with Crippen molar-refractivity contribution in [2.75, 3.05) is 0 Å². The fourth-order valence-corrected chi connectivity index (χ4v) is 1.28. The molecule has 1 aromatic heterocycles. The minimum absolute atomic E-state index is 0.426. The van der Waals surface area contributed by atoms with E-state index in [-0.39, 0.29) is 0 Å². The van der Waals surface area contributed by atoms with Crippen molar-refractivity contribution in [2.45, 2.75) is 13.0 Å². The Bertz CT molecular complexity index is 260. The lowest BCUT2D eigenvalue weighted by Gasteiger charge is -2.15. The first-order chi connectivity index (χ1) is 4.88. The van der Waals surface area contributed by atoms with Crippen molar-refractivity contribution in [2.24, 2.45) is 0 Å². The van der Waals surface area contributed by atoms with Crippen LogP contribution < -0.4 is 5.32 Å². The smallest absolute Gasteiger partial charge is 0.0635 e. The predicted molar refractivity (Wildman–Crippen MR) is 41.4 cm³/mol. The zero-order valence-corrected chi connectivity index (χ0v) is 5.89. The second kappa shape index (κ2) is 1.90. The van der Waals surface area contributed by atoms with Crippen LogP contribution in [0.5, 0.6) is 0 Å². The summed E-state index contributed by atoms with van der Waals surface area (Å²) in [5.41, 5.74) is 2.58. The number of aromatic nitrogens is 1. The molecule has 2 nitrogen and oxygen atoms in total. The molecular formula is C8H10N2. The van der Waals surface area contributed by atoms with E-state index in [4.69, 9.17) is 0 Å². The van der Waals surface area contributed by atoms with Gasteiger partial charge in [-0.3, -0.25) is 0 Å². The Kier molecular flexibility index (Phi) is 1.07. The molecule has 0 amide bonds. The third-order valence-electron chi connectivity index (χ3n) is 1.85. The van der Waals surface area contributed by atoms with Crippen molar-refractivity contribution in [1.82, 2.24) is 10.3 Å². The van der Waals surface area contributed by atoms with Crippen LogP contribution in [0.2, 0.25) is 0 Å². The van der Waals surface area contributed by atoms with Crippen molar-refractivity contribution >= 4 is 6.08 Å². The first-order valence-electron chi connectivity index (χ1n) is 3.48. The van der Waals surface area contributed by atoms with Gasteiger partial charge in [0.1, 0.15) is 0 Å². The van der Waals surface area contributed by atoms with Crippen LogP contribution in [-0.2, 0) is 0 Å². The molecule has 1 atom stereocenters. The zero-order valence-electron chi connectivity index (χ0n) is 5.89. The molecule has 0 radical (unpaired) electrons. The molecule has 1 unspecified atom stereocenters. The van der Waals surface area contributed by atoms with Crippen LogP contribution in [0, 0.1) is 0 Å². The number of rotatable bonds is 0. The zero-order chi connectivity index (χ0) is 6.97. The second-order valence-electron chi connectivity index (χ2n) is 2.57. The van der Waals surface area contributed by atoms with Crippen LogP contribution >= 0.6 is 0 Å². The van der Waals surface area contributed by atoms with Gasteiger partial charge in [-0.1, -0.05) is 0 Å². The number of nitrogens with one attached hydrogen (secondary N) is 2. The van der Waals surface area contributed by atoms with Gasteiger partial charge in [-0.05, 0) is 30.8 Å². The summed E-state index contributed by atoms with van der Waals surface area (Å²) in [7, 11) is 0. The highest BCUT2D eigenvalue weighted by atomic mass is 14.9. The molecule has 2 heteroatoms. The lowest BCUT2D eigenvalue weighted by atomic mass is 10.1. The minimum atomic E-state index is 0.426. The molecule has 2 heterocycles. The highest BCUT2D eigenvalue weighted by Crippen LogP contribution is 2.20. The van der Waals surface area contributed by atoms with Gasteiger partial charge >= 0.3 is 0 Å². The van der Waals surface area contributed by atoms with Crippen LogP contribution in [0.15, 0.2) is 18.5 Å². The maximum absolute atomic E-state index is 3.21. The lowest BCUT2D eigenvalue weighted by molar-refractivity contribution is 0.661. The van der Waals surface area contributed by atoms with E-state index in [1.165, 1.54) is 11.3 Å². The average molecular weight is 134 g/mol. The molecule has 1 aliphatic heterocycles. The third-order valence-corrected chi connectivity index (χ3v) is 1.85. The molecule has 2 rings (SSSR count). The van der Waals surface area contributed by atoms with Gasteiger partial charge in [0.05, 0.1) is 6.04 Å². The monoisotopic (exact) mass is 134 g/mol. The van der Waals surface area contributed by atoms with Crippen molar-refractivity contribution in [3.63, 3.8) is 0 Å². The van der Waals surface area contributed by atoms with Gasteiger partial charge in [0.2, 0.25) is 0 Å². The molecule has 0 aliphatic carbocycles. The van der Waals surface area contributed by atoms with Crippen molar-refractivity contribution in [3.05, 3.63) is 29.7 Å². The van der Waals surface area contributed by atoms with E-state index >= 15 is 0 Å². The summed E-state index contributed by atoms with van der Waals surface area (Å²) >= 11 is 0. The highest BCUT2D eigenvalue weighted by molar-refractivity contribution is 5.54. The molecular weight excluding hydrogens is 124 g/mol. The summed E-state index contributed by atoms with van der Waals surface area (Å²) in [6.07, 6.45) is 6.03. The fraction of sp³-hybridized carbons (Fsp3) is 0.250. The van der Waals surface area contributed by atoms with Gasteiger partial charge in [-0.15, -0.1) is 0 Å². The Hall–Kier alpha value is -1.18. The summed E-state index contributed by atoms with van der Waals surface area (Å²) in [4.78, 5) is 3.19. The average Bonchev–Trinajstić information content (AvgIpc) is 2.36. The van der Waals surface area contributed by atoms with Gasteiger partial charge < -0.3 is 10.3 Å². The molecule has 10 heavy (non-hydrogen) atoms. The van der Waals surface area contributed by atoms with E-state index in [2.05, 4.69) is 29.4 Å².